The van der Waals surface area contributed by atoms with Crippen LogP contribution in [-0.4, -0.2) is 25.1 Å². The van der Waals surface area contributed by atoms with E-state index in [0.29, 0.717) is 0 Å². The Hall–Kier alpha value is -1.14. The van der Waals surface area contributed by atoms with Crippen LogP contribution < -0.4 is 5.73 Å². The maximum Gasteiger partial charge on any atom is 0.268 e. The maximum absolute atomic E-state index is 11.5. The second kappa shape index (κ2) is 4.16. The summed E-state index contributed by atoms with van der Waals surface area (Å²) in [6.07, 6.45) is 0. The summed E-state index contributed by atoms with van der Waals surface area (Å²) in [4.78, 5) is 14.4. The Morgan fingerprint density at radius 3 is 2.60 bits per heavy atom. The Balaban J connectivity index is 3.49. The normalized spacial score (nSPS) is 11.3. The van der Waals surface area contributed by atoms with Gasteiger partial charge in [-0.05, 0) is 12.1 Å². The summed E-state index contributed by atoms with van der Waals surface area (Å²) in [7, 11) is -3.51. The van der Waals surface area contributed by atoms with Gasteiger partial charge in [0.1, 0.15) is 10.8 Å². The fourth-order valence-corrected chi connectivity index (χ4v) is 2.18. The van der Waals surface area contributed by atoms with Crippen molar-refractivity contribution >= 4 is 27.3 Å². The van der Waals surface area contributed by atoms with E-state index in [1.54, 1.807) is 0 Å². The van der Waals surface area contributed by atoms with Crippen molar-refractivity contribution in [1.29, 1.82) is 0 Å². The molecule has 1 aromatic rings. The third-order valence-corrected chi connectivity index (χ3v) is 3.74. The minimum atomic E-state index is -3.51. The number of hydrogen-bond donors (Lipinski definition) is 1. The van der Waals surface area contributed by atoms with Crippen LogP contribution in [0.4, 0.5) is 0 Å². The number of primary amides is 1. The molecular weight excluding hydrogens is 240 g/mol. The number of aromatic nitrogens is 1. The molecular formula is C8H9ClN2O3S. The first-order valence-corrected chi connectivity index (χ1v) is 6.10. The second-order valence-electron chi connectivity index (χ2n) is 2.75. The van der Waals surface area contributed by atoms with E-state index in [4.69, 9.17) is 17.3 Å². The van der Waals surface area contributed by atoms with Gasteiger partial charge in [0, 0.05) is 0 Å². The molecule has 5 nitrogen and oxygen atoms in total. The molecule has 0 aliphatic heterocycles. The van der Waals surface area contributed by atoms with Gasteiger partial charge in [0.15, 0.2) is 9.84 Å². The molecule has 7 heteroatoms. The average molecular weight is 249 g/mol. The molecule has 0 aliphatic rings. The van der Waals surface area contributed by atoms with Gasteiger partial charge >= 0.3 is 0 Å². The van der Waals surface area contributed by atoms with E-state index in [1.165, 1.54) is 19.1 Å². The topological polar surface area (TPSA) is 90.1 Å². The molecule has 0 unspecified atom stereocenters. The van der Waals surface area contributed by atoms with Crippen LogP contribution in [0.25, 0.3) is 0 Å². The molecule has 15 heavy (non-hydrogen) atoms. The first-order valence-electron chi connectivity index (χ1n) is 4.07. The summed E-state index contributed by atoms with van der Waals surface area (Å²) in [5.41, 5.74) is 4.69. The Morgan fingerprint density at radius 2 is 2.13 bits per heavy atom. The highest BCUT2D eigenvalue weighted by molar-refractivity contribution is 7.91. The van der Waals surface area contributed by atoms with Crippen molar-refractivity contribution in [2.24, 2.45) is 5.73 Å². The maximum atomic E-state index is 11.5. The third-order valence-electron chi connectivity index (χ3n) is 1.77. The molecule has 1 aromatic heterocycles. The Bertz CT molecular complexity index is 499. The lowest BCUT2D eigenvalue weighted by Crippen LogP contribution is -2.19. The summed E-state index contributed by atoms with van der Waals surface area (Å²) in [5, 5.41) is 0.0267. The molecule has 1 amide bonds. The van der Waals surface area contributed by atoms with Crippen LogP contribution in [-0.2, 0) is 9.84 Å². The van der Waals surface area contributed by atoms with Crippen molar-refractivity contribution in [3.63, 3.8) is 0 Å². The standard InChI is InChI=1S/C8H9ClN2O3S/c1-2-15(13,14)5-3-4-6(9)11-7(5)8(10)12/h3-4H,2H2,1H3,(H2,10,12). The zero-order valence-corrected chi connectivity index (χ0v) is 9.47. The summed E-state index contributed by atoms with van der Waals surface area (Å²) >= 11 is 5.54. The van der Waals surface area contributed by atoms with Gasteiger partial charge in [0.2, 0.25) is 0 Å². The van der Waals surface area contributed by atoms with Crippen LogP contribution in [0.15, 0.2) is 17.0 Å². The van der Waals surface area contributed by atoms with E-state index < -0.39 is 15.7 Å². The van der Waals surface area contributed by atoms with Crippen LogP contribution in [0.1, 0.15) is 17.4 Å². The van der Waals surface area contributed by atoms with Crippen molar-refractivity contribution in [1.82, 2.24) is 4.98 Å². The van der Waals surface area contributed by atoms with Gasteiger partial charge in [-0.25, -0.2) is 13.4 Å². The molecule has 0 atom stereocenters. The monoisotopic (exact) mass is 248 g/mol. The lowest BCUT2D eigenvalue weighted by molar-refractivity contribution is 0.0992. The highest BCUT2D eigenvalue weighted by atomic mass is 35.5. The molecule has 0 spiro atoms. The molecule has 0 aliphatic carbocycles. The summed E-state index contributed by atoms with van der Waals surface area (Å²) in [6, 6.07) is 2.53. The van der Waals surface area contributed by atoms with Gasteiger partial charge in [0.25, 0.3) is 5.91 Å². The van der Waals surface area contributed by atoms with E-state index in [0.717, 1.165) is 0 Å². The van der Waals surface area contributed by atoms with E-state index in [-0.39, 0.29) is 21.5 Å². The van der Waals surface area contributed by atoms with Crippen molar-refractivity contribution < 1.29 is 13.2 Å². The predicted molar refractivity (Wildman–Crippen MR) is 55.5 cm³/mol. The SMILES string of the molecule is CCS(=O)(=O)c1ccc(Cl)nc1C(N)=O. The number of rotatable bonds is 3. The number of carbonyl (C=O) groups excluding carboxylic acids is 1. The first-order chi connectivity index (χ1) is 6.88. The molecule has 1 rings (SSSR count). The van der Waals surface area contributed by atoms with Gasteiger partial charge in [-0.1, -0.05) is 18.5 Å². The van der Waals surface area contributed by atoms with E-state index in [2.05, 4.69) is 4.98 Å². The van der Waals surface area contributed by atoms with Crippen molar-refractivity contribution in [3.05, 3.63) is 23.0 Å². The molecule has 0 fully saturated rings. The van der Waals surface area contributed by atoms with Crippen LogP contribution in [0.5, 0.6) is 0 Å². The Kier molecular flexibility index (Phi) is 3.31. The average Bonchev–Trinajstić information content (AvgIpc) is 2.17. The van der Waals surface area contributed by atoms with Crippen LogP contribution >= 0.6 is 11.6 Å². The van der Waals surface area contributed by atoms with Crippen LogP contribution in [0.2, 0.25) is 5.15 Å². The fourth-order valence-electron chi connectivity index (χ4n) is 1.01. The van der Waals surface area contributed by atoms with Crippen LogP contribution in [0.3, 0.4) is 0 Å². The molecule has 0 radical (unpaired) electrons. The number of hydrogen-bond acceptors (Lipinski definition) is 4. The minimum Gasteiger partial charge on any atom is -0.364 e. The zero-order valence-electron chi connectivity index (χ0n) is 7.90. The first kappa shape index (κ1) is 11.9. The fraction of sp³-hybridized carbons (Fsp3) is 0.250. The lowest BCUT2D eigenvalue weighted by atomic mass is 10.3. The number of nitrogens with two attached hydrogens (primary N) is 1. The molecule has 1 heterocycles. The van der Waals surface area contributed by atoms with E-state index in [9.17, 15) is 13.2 Å². The van der Waals surface area contributed by atoms with Crippen molar-refractivity contribution in [2.75, 3.05) is 5.75 Å². The smallest absolute Gasteiger partial charge is 0.268 e. The van der Waals surface area contributed by atoms with Crippen molar-refractivity contribution in [3.8, 4) is 0 Å². The second-order valence-corrected chi connectivity index (χ2v) is 5.38. The quantitative estimate of drug-likeness (QED) is 0.795. The molecule has 2 N–H and O–H groups in total. The summed E-state index contributed by atoms with van der Waals surface area (Å²) < 4.78 is 23.1. The Morgan fingerprint density at radius 1 is 1.53 bits per heavy atom. The molecule has 0 aromatic carbocycles. The van der Waals surface area contributed by atoms with Gasteiger partial charge in [0.05, 0.1) is 10.6 Å². The van der Waals surface area contributed by atoms with Gasteiger partial charge in [-0.15, -0.1) is 0 Å². The zero-order chi connectivity index (χ0) is 11.6. The van der Waals surface area contributed by atoms with E-state index in [1.807, 2.05) is 0 Å². The molecule has 0 saturated heterocycles. The number of halogens is 1. The number of pyridine rings is 1. The number of nitrogens with zero attached hydrogens (tertiary/aromatic N) is 1. The highest BCUT2D eigenvalue weighted by Gasteiger charge is 2.21. The predicted octanol–water partition coefficient (Wildman–Crippen LogP) is 0.628. The molecule has 82 valence electrons. The minimum absolute atomic E-state index is 0.0267. The number of amides is 1. The van der Waals surface area contributed by atoms with Gasteiger partial charge < -0.3 is 5.73 Å². The van der Waals surface area contributed by atoms with Crippen LogP contribution in [0, 0.1) is 0 Å². The molecule has 0 saturated carbocycles. The molecule has 0 bridgehead atoms. The Labute approximate surface area is 92.2 Å². The largest absolute Gasteiger partial charge is 0.364 e. The van der Waals surface area contributed by atoms with Gasteiger partial charge in [-0.2, -0.15) is 0 Å². The van der Waals surface area contributed by atoms with Gasteiger partial charge in [-0.3, -0.25) is 4.79 Å². The highest BCUT2D eigenvalue weighted by Crippen LogP contribution is 2.17. The van der Waals surface area contributed by atoms with E-state index >= 15 is 0 Å². The third kappa shape index (κ3) is 2.45. The number of sulfone groups is 1. The lowest BCUT2D eigenvalue weighted by Gasteiger charge is -2.05. The summed E-state index contributed by atoms with van der Waals surface area (Å²) in [5.74, 6) is -1.04. The van der Waals surface area contributed by atoms with Crippen molar-refractivity contribution in [2.45, 2.75) is 11.8 Å². The number of carbonyl (C=O) groups is 1. The summed E-state index contributed by atoms with van der Waals surface area (Å²) in [6.45, 7) is 1.47.